The van der Waals surface area contributed by atoms with Crippen LogP contribution in [0.2, 0.25) is 0 Å². The standard InChI is InChI=1S/C16H32N2/c1-4-15-8-6-10-18(11-15)16(12-17)9-5-7-13(2)14(16)3/h13-15H,4-12,17H2,1-3H3. The van der Waals surface area contributed by atoms with E-state index in [-0.39, 0.29) is 0 Å². The van der Waals surface area contributed by atoms with Gasteiger partial charge in [-0.3, -0.25) is 4.90 Å². The highest BCUT2D eigenvalue weighted by Gasteiger charge is 2.45. The Morgan fingerprint density at radius 2 is 2.00 bits per heavy atom. The molecular formula is C16H32N2. The van der Waals surface area contributed by atoms with Crippen LogP contribution < -0.4 is 5.73 Å². The van der Waals surface area contributed by atoms with Gasteiger partial charge in [-0.15, -0.1) is 0 Å². The van der Waals surface area contributed by atoms with Gasteiger partial charge in [0.05, 0.1) is 0 Å². The predicted molar refractivity (Wildman–Crippen MR) is 78.6 cm³/mol. The van der Waals surface area contributed by atoms with Gasteiger partial charge in [0.25, 0.3) is 0 Å². The van der Waals surface area contributed by atoms with Gasteiger partial charge >= 0.3 is 0 Å². The SMILES string of the molecule is CCC1CCCN(C2(CN)CCCC(C)C2C)C1. The summed E-state index contributed by atoms with van der Waals surface area (Å²) in [7, 11) is 0. The van der Waals surface area contributed by atoms with Crippen LogP contribution in [0.25, 0.3) is 0 Å². The van der Waals surface area contributed by atoms with Gasteiger partial charge in [-0.1, -0.05) is 40.0 Å². The van der Waals surface area contributed by atoms with E-state index in [4.69, 9.17) is 5.73 Å². The molecule has 0 aromatic carbocycles. The quantitative estimate of drug-likeness (QED) is 0.835. The first-order chi connectivity index (χ1) is 8.64. The second-order valence-corrected chi connectivity index (χ2v) is 6.83. The number of nitrogens with two attached hydrogens (primary N) is 1. The molecule has 1 saturated heterocycles. The van der Waals surface area contributed by atoms with Crippen molar-refractivity contribution in [2.45, 2.75) is 64.8 Å². The van der Waals surface area contributed by atoms with Crippen LogP contribution in [-0.4, -0.2) is 30.1 Å². The lowest BCUT2D eigenvalue weighted by atomic mass is 9.66. The van der Waals surface area contributed by atoms with Crippen LogP contribution >= 0.6 is 0 Å². The fourth-order valence-electron chi connectivity index (χ4n) is 4.40. The zero-order chi connectivity index (χ0) is 13.2. The van der Waals surface area contributed by atoms with Gasteiger partial charge in [-0.2, -0.15) is 0 Å². The van der Waals surface area contributed by atoms with Crippen LogP contribution in [0, 0.1) is 17.8 Å². The van der Waals surface area contributed by atoms with Crippen molar-refractivity contribution >= 4 is 0 Å². The van der Waals surface area contributed by atoms with E-state index >= 15 is 0 Å². The van der Waals surface area contributed by atoms with Gasteiger partial charge < -0.3 is 5.73 Å². The summed E-state index contributed by atoms with van der Waals surface area (Å²) >= 11 is 0. The molecule has 0 amide bonds. The topological polar surface area (TPSA) is 29.3 Å². The second-order valence-electron chi connectivity index (χ2n) is 6.83. The highest BCUT2D eigenvalue weighted by Crippen LogP contribution is 2.42. The zero-order valence-corrected chi connectivity index (χ0v) is 12.6. The summed E-state index contributed by atoms with van der Waals surface area (Å²) in [6.07, 6.45) is 8.23. The Balaban J connectivity index is 2.15. The van der Waals surface area contributed by atoms with Crippen LogP contribution in [0.3, 0.4) is 0 Å². The van der Waals surface area contributed by atoms with Crippen molar-refractivity contribution in [2.24, 2.45) is 23.5 Å². The van der Waals surface area contributed by atoms with Crippen molar-refractivity contribution in [3.63, 3.8) is 0 Å². The Hall–Kier alpha value is -0.0800. The maximum Gasteiger partial charge on any atom is 0.0359 e. The minimum absolute atomic E-state index is 0.311. The number of likely N-dealkylation sites (tertiary alicyclic amines) is 1. The molecule has 1 aliphatic carbocycles. The Kier molecular flexibility index (Phi) is 4.71. The summed E-state index contributed by atoms with van der Waals surface area (Å²) < 4.78 is 0. The second kappa shape index (κ2) is 5.92. The minimum Gasteiger partial charge on any atom is -0.329 e. The maximum absolute atomic E-state index is 6.27. The third kappa shape index (κ3) is 2.46. The summed E-state index contributed by atoms with van der Waals surface area (Å²) in [4.78, 5) is 2.78. The van der Waals surface area contributed by atoms with E-state index in [9.17, 15) is 0 Å². The summed E-state index contributed by atoms with van der Waals surface area (Å²) in [5, 5.41) is 0. The summed E-state index contributed by atoms with van der Waals surface area (Å²) in [6, 6.07) is 0. The van der Waals surface area contributed by atoms with Crippen molar-refractivity contribution in [1.29, 1.82) is 0 Å². The molecule has 2 fully saturated rings. The molecule has 0 radical (unpaired) electrons. The number of hydrogen-bond donors (Lipinski definition) is 1. The molecule has 1 aliphatic heterocycles. The van der Waals surface area contributed by atoms with E-state index in [1.807, 2.05) is 0 Å². The van der Waals surface area contributed by atoms with E-state index < -0.39 is 0 Å². The molecule has 2 heteroatoms. The van der Waals surface area contributed by atoms with E-state index in [0.717, 1.165) is 24.3 Å². The molecule has 1 heterocycles. The van der Waals surface area contributed by atoms with Gasteiger partial charge in [0.1, 0.15) is 0 Å². The van der Waals surface area contributed by atoms with Crippen molar-refractivity contribution in [1.82, 2.24) is 4.90 Å². The molecule has 2 N–H and O–H groups in total. The Labute approximate surface area is 113 Å². The molecule has 4 atom stereocenters. The third-order valence-electron chi connectivity index (χ3n) is 6.05. The van der Waals surface area contributed by atoms with Gasteiger partial charge in [0.15, 0.2) is 0 Å². The van der Waals surface area contributed by atoms with Crippen LogP contribution in [0.1, 0.15) is 59.3 Å². The molecule has 106 valence electrons. The smallest absolute Gasteiger partial charge is 0.0359 e. The first-order valence-electron chi connectivity index (χ1n) is 8.09. The average Bonchev–Trinajstić information content (AvgIpc) is 2.42. The normalized spacial score (nSPS) is 43.0. The molecule has 0 aromatic heterocycles. The van der Waals surface area contributed by atoms with E-state index in [0.29, 0.717) is 5.54 Å². The minimum atomic E-state index is 0.311. The Morgan fingerprint density at radius 1 is 1.22 bits per heavy atom. The molecule has 18 heavy (non-hydrogen) atoms. The molecule has 1 saturated carbocycles. The Morgan fingerprint density at radius 3 is 2.67 bits per heavy atom. The molecule has 0 spiro atoms. The maximum atomic E-state index is 6.27. The van der Waals surface area contributed by atoms with E-state index in [1.165, 1.54) is 51.6 Å². The lowest BCUT2D eigenvalue weighted by molar-refractivity contribution is -0.0346. The van der Waals surface area contributed by atoms with Crippen molar-refractivity contribution in [3.8, 4) is 0 Å². The molecule has 4 unspecified atom stereocenters. The highest BCUT2D eigenvalue weighted by atomic mass is 15.2. The zero-order valence-electron chi connectivity index (χ0n) is 12.6. The fraction of sp³-hybridized carbons (Fsp3) is 1.00. The first-order valence-corrected chi connectivity index (χ1v) is 8.09. The van der Waals surface area contributed by atoms with Gasteiger partial charge in [-0.25, -0.2) is 0 Å². The largest absolute Gasteiger partial charge is 0.329 e. The van der Waals surface area contributed by atoms with Gasteiger partial charge in [0.2, 0.25) is 0 Å². The highest BCUT2D eigenvalue weighted by molar-refractivity contribution is 5.01. The van der Waals surface area contributed by atoms with Crippen molar-refractivity contribution < 1.29 is 0 Å². The molecular weight excluding hydrogens is 220 g/mol. The summed E-state index contributed by atoms with van der Waals surface area (Å²) in [5.41, 5.74) is 6.58. The van der Waals surface area contributed by atoms with E-state index in [1.54, 1.807) is 0 Å². The molecule has 2 rings (SSSR count). The van der Waals surface area contributed by atoms with Crippen LogP contribution in [0.5, 0.6) is 0 Å². The van der Waals surface area contributed by atoms with Gasteiger partial charge in [0, 0.05) is 18.6 Å². The number of nitrogens with zero attached hydrogens (tertiary/aromatic N) is 1. The lowest BCUT2D eigenvalue weighted by Crippen LogP contribution is -2.62. The van der Waals surface area contributed by atoms with E-state index in [2.05, 4.69) is 25.7 Å². The molecule has 2 nitrogen and oxygen atoms in total. The molecule has 0 aromatic rings. The van der Waals surface area contributed by atoms with Crippen LogP contribution in [0.4, 0.5) is 0 Å². The molecule has 2 aliphatic rings. The van der Waals surface area contributed by atoms with Crippen LogP contribution in [0.15, 0.2) is 0 Å². The fourth-order valence-corrected chi connectivity index (χ4v) is 4.40. The third-order valence-corrected chi connectivity index (χ3v) is 6.05. The number of rotatable bonds is 3. The number of hydrogen-bond acceptors (Lipinski definition) is 2. The number of piperidine rings is 1. The van der Waals surface area contributed by atoms with Gasteiger partial charge in [-0.05, 0) is 43.6 Å². The van der Waals surface area contributed by atoms with Crippen molar-refractivity contribution in [2.75, 3.05) is 19.6 Å². The van der Waals surface area contributed by atoms with Crippen LogP contribution in [-0.2, 0) is 0 Å². The Bertz CT molecular complexity index is 266. The average molecular weight is 252 g/mol. The lowest BCUT2D eigenvalue weighted by Gasteiger charge is -2.54. The summed E-state index contributed by atoms with van der Waals surface area (Å²) in [6.45, 7) is 10.7. The predicted octanol–water partition coefficient (Wildman–Crippen LogP) is 3.26. The monoisotopic (exact) mass is 252 g/mol. The summed E-state index contributed by atoms with van der Waals surface area (Å²) in [5.74, 6) is 2.50. The van der Waals surface area contributed by atoms with Crippen molar-refractivity contribution in [3.05, 3.63) is 0 Å². The molecule has 0 bridgehead atoms. The first kappa shape index (κ1) is 14.3.